The maximum atomic E-state index is 6.19. The largest absolute Gasteiger partial charge is 0.496 e. The second-order valence-corrected chi connectivity index (χ2v) is 5.37. The van der Waals surface area contributed by atoms with E-state index < -0.39 is 0 Å². The minimum Gasteiger partial charge on any atom is -0.496 e. The molecule has 2 N–H and O–H groups in total. The number of methoxy groups -OCH3 is 1. The van der Waals surface area contributed by atoms with Gasteiger partial charge in [0.05, 0.1) is 17.7 Å². The summed E-state index contributed by atoms with van der Waals surface area (Å²) in [5.41, 5.74) is 9.03. The summed E-state index contributed by atoms with van der Waals surface area (Å²) in [4.78, 5) is 1.06. The van der Waals surface area contributed by atoms with Gasteiger partial charge in [-0.3, -0.25) is 0 Å². The first-order valence-electron chi connectivity index (χ1n) is 6.24. The molecule has 0 radical (unpaired) electrons. The van der Waals surface area contributed by atoms with Crippen molar-refractivity contribution < 1.29 is 4.74 Å². The predicted octanol–water partition coefficient (Wildman–Crippen LogP) is 3.50. The van der Waals surface area contributed by atoms with E-state index in [1.165, 1.54) is 0 Å². The lowest BCUT2D eigenvalue weighted by atomic mass is 10.2. The van der Waals surface area contributed by atoms with E-state index in [2.05, 4.69) is 5.10 Å². The minimum atomic E-state index is 0.665. The fourth-order valence-corrected chi connectivity index (χ4v) is 2.96. The summed E-state index contributed by atoms with van der Waals surface area (Å²) in [6.07, 6.45) is 0. The summed E-state index contributed by atoms with van der Waals surface area (Å²) in [6, 6.07) is 11.9. The van der Waals surface area contributed by atoms with Gasteiger partial charge in [-0.15, -0.1) is 11.3 Å². The molecule has 2 aromatic heterocycles. The van der Waals surface area contributed by atoms with Gasteiger partial charge in [0, 0.05) is 17.0 Å². The first-order valence-corrected chi connectivity index (χ1v) is 7.12. The van der Waals surface area contributed by atoms with Crippen molar-refractivity contribution in [3.05, 3.63) is 47.3 Å². The highest BCUT2D eigenvalue weighted by Crippen LogP contribution is 2.34. The molecule has 0 saturated heterocycles. The van der Waals surface area contributed by atoms with Gasteiger partial charge in [0.1, 0.15) is 17.3 Å². The molecule has 0 bridgehead atoms. The van der Waals surface area contributed by atoms with Crippen molar-refractivity contribution >= 4 is 17.2 Å². The lowest BCUT2D eigenvalue weighted by molar-refractivity contribution is 0.417. The van der Waals surface area contributed by atoms with Crippen LogP contribution < -0.4 is 10.5 Å². The number of hydrogen-bond donors (Lipinski definition) is 1. The number of aromatic nitrogens is 2. The number of hydrogen-bond acceptors (Lipinski definition) is 4. The molecule has 0 unspecified atom stereocenters. The zero-order valence-corrected chi connectivity index (χ0v) is 12.1. The van der Waals surface area contributed by atoms with E-state index in [1.807, 2.05) is 48.7 Å². The van der Waals surface area contributed by atoms with Crippen LogP contribution in [0.25, 0.3) is 16.3 Å². The Hall–Kier alpha value is -2.27. The molecule has 0 aliphatic heterocycles. The highest BCUT2D eigenvalue weighted by atomic mass is 32.1. The van der Waals surface area contributed by atoms with Crippen LogP contribution in [0.3, 0.4) is 0 Å². The van der Waals surface area contributed by atoms with E-state index in [4.69, 9.17) is 10.5 Å². The fraction of sp³-hybridized carbons (Fsp3) is 0.133. The smallest absolute Gasteiger partial charge is 0.130 e. The van der Waals surface area contributed by atoms with E-state index in [-0.39, 0.29) is 0 Å². The highest BCUT2D eigenvalue weighted by Gasteiger charge is 2.16. The summed E-state index contributed by atoms with van der Waals surface area (Å²) in [5, 5.41) is 6.61. The van der Waals surface area contributed by atoms with Crippen molar-refractivity contribution in [2.45, 2.75) is 6.92 Å². The Morgan fingerprint density at radius 1 is 1.25 bits per heavy atom. The molecule has 0 aliphatic carbocycles. The topological polar surface area (TPSA) is 53.1 Å². The lowest BCUT2D eigenvalue weighted by Crippen LogP contribution is -2.01. The summed E-state index contributed by atoms with van der Waals surface area (Å²) in [7, 11) is 1.66. The normalized spacial score (nSPS) is 10.7. The molecule has 5 heteroatoms. The van der Waals surface area contributed by atoms with Crippen LogP contribution in [0, 0.1) is 6.92 Å². The third-order valence-electron chi connectivity index (χ3n) is 3.21. The predicted molar refractivity (Wildman–Crippen MR) is 82.6 cm³/mol. The second kappa shape index (κ2) is 5.02. The third-order valence-corrected chi connectivity index (χ3v) is 4.13. The van der Waals surface area contributed by atoms with E-state index in [1.54, 1.807) is 23.1 Å². The Labute approximate surface area is 121 Å². The van der Waals surface area contributed by atoms with Crippen LogP contribution in [0.4, 0.5) is 5.82 Å². The summed E-state index contributed by atoms with van der Waals surface area (Å²) < 4.78 is 7.00. The minimum absolute atomic E-state index is 0.665. The van der Waals surface area contributed by atoms with Gasteiger partial charge >= 0.3 is 0 Å². The molecule has 0 spiro atoms. The Morgan fingerprint density at radius 2 is 2.00 bits per heavy atom. The number of rotatable bonds is 3. The summed E-state index contributed by atoms with van der Waals surface area (Å²) in [5.74, 6) is 1.51. The number of nitrogen functional groups attached to an aromatic ring is 1. The molecular weight excluding hydrogens is 270 g/mol. The number of thiophene rings is 1. The molecule has 3 rings (SSSR count). The fourth-order valence-electron chi connectivity index (χ4n) is 2.06. The molecule has 0 fully saturated rings. The molecule has 0 aliphatic rings. The molecule has 20 heavy (non-hydrogen) atoms. The van der Waals surface area contributed by atoms with Gasteiger partial charge in [0.15, 0.2) is 0 Å². The van der Waals surface area contributed by atoms with Crippen molar-refractivity contribution in [2.75, 3.05) is 12.8 Å². The average molecular weight is 285 g/mol. The van der Waals surface area contributed by atoms with Crippen LogP contribution in [0.1, 0.15) is 5.56 Å². The van der Waals surface area contributed by atoms with Crippen LogP contribution in [-0.2, 0) is 0 Å². The Balaban J connectivity index is 2.10. The Kier molecular flexibility index (Phi) is 3.20. The molecule has 102 valence electrons. The number of para-hydroxylation sites is 1. The zero-order valence-electron chi connectivity index (χ0n) is 11.3. The first kappa shape index (κ1) is 12.7. The van der Waals surface area contributed by atoms with Gasteiger partial charge in [0.2, 0.25) is 0 Å². The van der Waals surface area contributed by atoms with Gasteiger partial charge in [-0.2, -0.15) is 5.10 Å². The van der Waals surface area contributed by atoms with Crippen molar-refractivity contribution in [3.8, 4) is 22.0 Å². The molecule has 1 aromatic carbocycles. The van der Waals surface area contributed by atoms with Crippen LogP contribution in [0.15, 0.2) is 41.8 Å². The molecule has 2 heterocycles. The first-order chi connectivity index (χ1) is 9.70. The maximum Gasteiger partial charge on any atom is 0.130 e. The van der Waals surface area contributed by atoms with E-state index in [9.17, 15) is 0 Å². The van der Waals surface area contributed by atoms with Crippen LogP contribution in [0.5, 0.6) is 5.75 Å². The monoisotopic (exact) mass is 285 g/mol. The van der Waals surface area contributed by atoms with Gasteiger partial charge in [0.25, 0.3) is 0 Å². The second-order valence-electron chi connectivity index (χ2n) is 4.46. The molecule has 0 amide bonds. The summed E-state index contributed by atoms with van der Waals surface area (Å²) >= 11 is 1.60. The average Bonchev–Trinajstić information content (AvgIpc) is 3.06. The van der Waals surface area contributed by atoms with Crippen molar-refractivity contribution in [1.29, 1.82) is 0 Å². The maximum absolute atomic E-state index is 6.19. The summed E-state index contributed by atoms with van der Waals surface area (Å²) in [6.45, 7) is 1.99. The van der Waals surface area contributed by atoms with Crippen LogP contribution in [0.2, 0.25) is 0 Å². The van der Waals surface area contributed by atoms with Crippen molar-refractivity contribution in [2.24, 2.45) is 0 Å². The molecule has 0 saturated carbocycles. The van der Waals surface area contributed by atoms with Crippen molar-refractivity contribution in [3.63, 3.8) is 0 Å². The quantitative estimate of drug-likeness (QED) is 0.801. The third kappa shape index (κ3) is 2.06. The number of nitrogens with zero attached hydrogens (tertiary/aromatic N) is 2. The van der Waals surface area contributed by atoms with Gasteiger partial charge < -0.3 is 10.5 Å². The zero-order chi connectivity index (χ0) is 14.1. The van der Waals surface area contributed by atoms with Gasteiger partial charge in [-0.1, -0.05) is 18.2 Å². The molecular formula is C15H15N3OS. The van der Waals surface area contributed by atoms with Crippen LogP contribution >= 0.6 is 11.3 Å². The van der Waals surface area contributed by atoms with E-state index in [0.29, 0.717) is 5.82 Å². The lowest BCUT2D eigenvalue weighted by Gasteiger charge is -2.02. The number of benzene rings is 1. The number of anilines is 1. The highest BCUT2D eigenvalue weighted by molar-refractivity contribution is 7.13. The van der Waals surface area contributed by atoms with E-state index in [0.717, 1.165) is 27.6 Å². The number of ether oxygens (including phenoxy) is 1. The van der Waals surface area contributed by atoms with E-state index >= 15 is 0 Å². The number of nitrogens with two attached hydrogens (primary N) is 1. The Morgan fingerprint density at radius 3 is 2.65 bits per heavy atom. The Bertz CT molecular complexity index is 731. The molecule has 3 aromatic rings. The molecule has 0 atom stereocenters. The SMILES string of the molecule is COc1csc(-c2nn(-c3ccccc3)c(N)c2C)c1. The standard InChI is InChI=1S/C15H15N3OS/c1-10-14(13-8-12(19-2)9-20-13)17-18(15(10)16)11-6-4-3-5-7-11/h3-9H,16H2,1-2H3. The van der Waals surface area contributed by atoms with Crippen molar-refractivity contribution in [1.82, 2.24) is 9.78 Å². The van der Waals surface area contributed by atoms with Crippen LogP contribution in [-0.4, -0.2) is 16.9 Å². The molecule has 4 nitrogen and oxygen atoms in total. The van der Waals surface area contributed by atoms with Gasteiger partial charge in [-0.05, 0) is 19.1 Å². The van der Waals surface area contributed by atoms with Gasteiger partial charge in [-0.25, -0.2) is 4.68 Å².